The molecule has 1 aliphatic heterocycles. The molecule has 1 saturated heterocycles. The summed E-state index contributed by atoms with van der Waals surface area (Å²) in [5.41, 5.74) is -0.578. The standard InChI is InChI=1S/C25H36F3N3O4S2/c1-5-13-37(33,34)21-10-9-20(16(21)2)35-12-6-11-30-23(36)31(22(32)24(30,3)4)18-8-7-17(15-29)19(14-18)25(26,27)28/h10,14,16-17,19-20,22,32H,5-9,11-13H2,1-4H3. The van der Waals surface area contributed by atoms with E-state index >= 15 is 0 Å². The predicted octanol–water partition coefficient (Wildman–Crippen LogP) is 4.51. The number of nitriles is 1. The van der Waals surface area contributed by atoms with E-state index < -0.39 is 39.6 Å². The molecule has 1 heterocycles. The van der Waals surface area contributed by atoms with Gasteiger partial charge in [-0.05, 0) is 58.2 Å². The van der Waals surface area contributed by atoms with E-state index in [4.69, 9.17) is 17.0 Å². The molecular formula is C25H36F3N3O4S2. The number of allylic oxidation sites excluding steroid dienone is 2. The van der Waals surface area contributed by atoms with E-state index in [1.165, 1.54) is 4.90 Å². The van der Waals surface area contributed by atoms with Crippen molar-refractivity contribution in [1.82, 2.24) is 9.80 Å². The number of sulfone groups is 1. The summed E-state index contributed by atoms with van der Waals surface area (Å²) in [6, 6.07) is 1.76. The Kier molecular flexibility index (Phi) is 9.04. The SMILES string of the molecule is CCCS(=O)(=O)C1=CCC(OCCCN2C(=S)N(C3=CC(C(F)(F)F)C(C#N)CC3)C(O)C2(C)C)C1C. The lowest BCUT2D eigenvalue weighted by Gasteiger charge is -2.34. The van der Waals surface area contributed by atoms with Crippen LogP contribution in [0.1, 0.15) is 59.8 Å². The van der Waals surface area contributed by atoms with Crippen molar-refractivity contribution in [2.75, 3.05) is 18.9 Å². The molecule has 0 spiro atoms. The quantitative estimate of drug-likeness (QED) is 0.324. The highest BCUT2D eigenvalue weighted by molar-refractivity contribution is 7.95. The third-order valence-electron chi connectivity index (χ3n) is 7.63. The fourth-order valence-corrected chi connectivity index (χ4v) is 7.82. The summed E-state index contributed by atoms with van der Waals surface area (Å²) in [6.07, 6.45) is -1.30. The lowest BCUT2D eigenvalue weighted by molar-refractivity contribution is -0.171. The average molecular weight is 564 g/mol. The van der Waals surface area contributed by atoms with Crippen molar-refractivity contribution < 1.29 is 31.4 Å². The Bertz CT molecular complexity index is 1080. The van der Waals surface area contributed by atoms with Crippen LogP contribution in [0.3, 0.4) is 0 Å². The second-order valence-corrected chi connectivity index (χ2v) is 13.0. The van der Waals surface area contributed by atoms with Crippen molar-refractivity contribution in [3.63, 3.8) is 0 Å². The first-order valence-electron chi connectivity index (χ1n) is 12.7. The number of aliphatic hydroxyl groups excluding tert-OH is 1. The van der Waals surface area contributed by atoms with E-state index in [0.717, 1.165) is 6.08 Å². The highest BCUT2D eigenvalue weighted by Gasteiger charge is 2.52. The number of rotatable bonds is 9. The summed E-state index contributed by atoms with van der Waals surface area (Å²) in [7, 11) is -3.27. The van der Waals surface area contributed by atoms with Gasteiger partial charge < -0.3 is 14.7 Å². The molecule has 0 aromatic heterocycles. The summed E-state index contributed by atoms with van der Waals surface area (Å²) >= 11 is 5.60. The Hall–Kier alpha value is -1.68. The van der Waals surface area contributed by atoms with Crippen LogP contribution in [0.4, 0.5) is 13.2 Å². The van der Waals surface area contributed by atoms with Crippen LogP contribution in [-0.4, -0.2) is 71.4 Å². The van der Waals surface area contributed by atoms with Gasteiger partial charge in [0.25, 0.3) is 0 Å². The van der Waals surface area contributed by atoms with E-state index in [0.29, 0.717) is 37.3 Å². The van der Waals surface area contributed by atoms with Crippen molar-refractivity contribution in [3.05, 3.63) is 22.8 Å². The van der Waals surface area contributed by atoms with Crippen molar-refractivity contribution in [1.29, 1.82) is 5.26 Å². The molecule has 0 bridgehead atoms. The number of ether oxygens (including phenoxy) is 1. The summed E-state index contributed by atoms with van der Waals surface area (Å²) < 4.78 is 71.6. The zero-order valence-corrected chi connectivity index (χ0v) is 23.3. The predicted molar refractivity (Wildman–Crippen MR) is 137 cm³/mol. The molecule has 0 radical (unpaired) electrons. The molecule has 1 N–H and O–H groups in total. The van der Waals surface area contributed by atoms with Crippen LogP contribution in [0, 0.1) is 29.1 Å². The molecule has 7 nitrogen and oxygen atoms in total. The third-order valence-corrected chi connectivity index (χ3v) is 10.2. The van der Waals surface area contributed by atoms with E-state index in [9.17, 15) is 32.0 Å². The lowest BCUT2D eigenvalue weighted by atomic mass is 9.82. The van der Waals surface area contributed by atoms with E-state index in [-0.39, 0.29) is 41.4 Å². The highest BCUT2D eigenvalue weighted by Crippen LogP contribution is 2.43. The van der Waals surface area contributed by atoms with E-state index in [2.05, 4.69) is 0 Å². The van der Waals surface area contributed by atoms with Gasteiger partial charge in [0, 0.05) is 29.7 Å². The van der Waals surface area contributed by atoms with E-state index in [1.807, 2.05) is 13.8 Å². The maximum Gasteiger partial charge on any atom is 0.396 e. The van der Waals surface area contributed by atoms with Gasteiger partial charge >= 0.3 is 6.18 Å². The fourth-order valence-electron chi connectivity index (χ4n) is 5.43. The van der Waals surface area contributed by atoms with Crippen LogP contribution in [0.5, 0.6) is 0 Å². The molecule has 5 unspecified atom stereocenters. The Morgan fingerprint density at radius 3 is 2.62 bits per heavy atom. The molecule has 0 amide bonds. The maximum absolute atomic E-state index is 13.6. The topological polar surface area (TPSA) is 93.9 Å². The molecule has 0 aromatic rings. The van der Waals surface area contributed by atoms with Gasteiger partial charge in [0.2, 0.25) is 0 Å². The molecule has 2 aliphatic carbocycles. The molecule has 37 heavy (non-hydrogen) atoms. The van der Waals surface area contributed by atoms with Gasteiger partial charge in [-0.25, -0.2) is 8.42 Å². The lowest BCUT2D eigenvalue weighted by Crippen LogP contribution is -2.47. The smallest absolute Gasteiger partial charge is 0.377 e. The number of nitrogens with zero attached hydrogens (tertiary/aromatic N) is 3. The molecule has 5 atom stereocenters. The molecule has 0 aromatic carbocycles. The second-order valence-electron chi connectivity index (χ2n) is 10.5. The summed E-state index contributed by atoms with van der Waals surface area (Å²) in [6.45, 7) is 8.00. The zero-order chi connectivity index (χ0) is 27.8. The zero-order valence-electron chi connectivity index (χ0n) is 21.7. The van der Waals surface area contributed by atoms with E-state index in [1.54, 1.807) is 30.9 Å². The van der Waals surface area contributed by atoms with Crippen molar-refractivity contribution >= 4 is 27.2 Å². The van der Waals surface area contributed by atoms with Crippen LogP contribution >= 0.6 is 12.2 Å². The largest absolute Gasteiger partial charge is 0.396 e. The van der Waals surface area contributed by atoms with Crippen LogP contribution in [-0.2, 0) is 14.6 Å². The minimum absolute atomic E-state index is 0.0379. The minimum atomic E-state index is -4.56. The van der Waals surface area contributed by atoms with Gasteiger partial charge in [-0.15, -0.1) is 0 Å². The molecule has 12 heteroatoms. The molecule has 1 fully saturated rings. The van der Waals surface area contributed by atoms with Crippen LogP contribution < -0.4 is 0 Å². The fraction of sp³-hybridized carbons (Fsp3) is 0.760. The number of alkyl halides is 3. The number of aliphatic hydroxyl groups is 1. The first-order valence-corrected chi connectivity index (χ1v) is 14.7. The summed E-state index contributed by atoms with van der Waals surface area (Å²) in [5, 5.41) is 20.5. The van der Waals surface area contributed by atoms with Gasteiger partial charge in [0.15, 0.2) is 21.2 Å². The molecule has 3 rings (SSSR count). The van der Waals surface area contributed by atoms with Gasteiger partial charge in [-0.1, -0.05) is 26.0 Å². The normalized spacial score (nSPS) is 30.4. The van der Waals surface area contributed by atoms with Gasteiger partial charge in [-0.3, -0.25) is 4.90 Å². The second kappa shape index (κ2) is 11.2. The number of hydrogen-bond acceptors (Lipinski definition) is 6. The Morgan fingerprint density at radius 2 is 2.03 bits per heavy atom. The average Bonchev–Trinajstić information content (AvgIpc) is 3.26. The molecule has 0 saturated carbocycles. The Labute approximate surface area is 222 Å². The Morgan fingerprint density at radius 1 is 1.35 bits per heavy atom. The molecular weight excluding hydrogens is 527 g/mol. The van der Waals surface area contributed by atoms with Crippen LogP contribution in [0.25, 0.3) is 0 Å². The van der Waals surface area contributed by atoms with Gasteiger partial charge in [0.05, 0.1) is 35.3 Å². The van der Waals surface area contributed by atoms with Crippen molar-refractivity contribution in [2.45, 2.75) is 83.8 Å². The summed E-state index contributed by atoms with van der Waals surface area (Å²) in [5.74, 6) is -3.18. The first kappa shape index (κ1) is 29.9. The maximum atomic E-state index is 13.6. The van der Waals surface area contributed by atoms with Gasteiger partial charge in [0.1, 0.15) is 0 Å². The first-order chi connectivity index (χ1) is 17.2. The van der Waals surface area contributed by atoms with Crippen LogP contribution in [0.2, 0.25) is 0 Å². The van der Waals surface area contributed by atoms with Crippen LogP contribution in [0.15, 0.2) is 22.8 Å². The highest BCUT2D eigenvalue weighted by atomic mass is 32.2. The molecule has 3 aliphatic rings. The summed E-state index contributed by atoms with van der Waals surface area (Å²) in [4.78, 5) is 3.62. The minimum Gasteiger partial charge on any atom is -0.377 e. The number of hydrogen-bond donors (Lipinski definition) is 1. The Balaban J connectivity index is 1.63. The third kappa shape index (κ3) is 6.00. The monoisotopic (exact) mass is 563 g/mol. The van der Waals surface area contributed by atoms with Crippen molar-refractivity contribution in [3.8, 4) is 6.07 Å². The van der Waals surface area contributed by atoms with Crippen molar-refractivity contribution in [2.24, 2.45) is 17.8 Å². The number of halogens is 3. The molecule has 208 valence electrons. The van der Waals surface area contributed by atoms with Gasteiger partial charge in [-0.2, -0.15) is 18.4 Å². The number of thiocarbonyl (C=S) groups is 1.